The predicted octanol–water partition coefficient (Wildman–Crippen LogP) is 1.39. The number of nitrogens with zero attached hydrogens (tertiary/aromatic N) is 1. The van der Waals surface area contributed by atoms with Gasteiger partial charge in [-0.25, -0.2) is 0 Å². The molecule has 16 heavy (non-hydrogen) atoms. The van der Waals surface area contributed by atoms with E-state index >= 15 is 0 Å². The van der Waals surface area contributed by atoms with Gasteiger partial charge in [0, 0.05) is 29.4 Å². The first kappa shape index (κ1) is 11.2. The monoisotopic (exact) mass is 240 g/mol. The zero-order chi connectivity index (χ0) is 11.5. The normalized spacial score (nSPS) is 16.2. The summed E-state index contributed by atoms with van der Waals surface area (Å²) in [4.78, 5) is 13.8. The first-order valence-corrected chi connectivity index (χ1v) is 5.48. The number of hydrogen-bond donors (Lipinski definition) is 1. The van der Waals surface area contributed by atoms with Crippen LogP contribution in [0.5, 0.6) is 0 Å². The second-order valence-electron chi connectivity index (χ2n) is 3.68. The number of ether oxygens (including phenoxy) is 1. The van der Waals surface area contributed by atoms with Gasteiger partial charge >= 0.3 is 0 Å². The molecule has 0 atom stereocenters. The van der Waals surface area contributed by atoms with E-state index in [0.717, 1.165) is 0 Å². The number of rotatable bonds is 1. The summed E-state index contributed by atoms with van der Waals surface area (Å²) in [6, 6.07) is 4.90. The average Bonchev–Trinajstić information content (AvgIpc) is 2.28. The van der Waals surface area contributed by atoms with Crippen molar-refractivity contribution in [3.63, 3.8) is 0 Å². The Balaban J connectivity index is 2.19. The number of carbonyl (C=O) groups is 1. The van der Waals surface area contributed by atoms with Crippen LogP contribution in [0.15, 0.2) is 18.2 Å². The number of benzene rings is 1. The maximum Gasteiger partial charge on any atom is 0.254 e. The Hall–Kier alpha value is -1.26. The van der Waals surface area contributed by atoms with E-state index in [1.54, 1.807) is 23.1 Å². The minimum Gasteiger partial charge on any atom is -0.399 e. The lowest BCUT2D eigenvalue weighted by atomic mass is 10.1. The molecule has 1 aromatic carbocycles. The fourth-order valence-electron chi connectivity index (χ4n) is 1.68. The molecular formula is C11H13ClN2O2. The van der Waals surface area contributed by atoms with Gasteiger partial charge in [-0.1, -0.05) is 11.6 Å². The molecule has 1 saturated heterocycles. The molecular weight excluding hydrogens is 228 g/mol. The molecule has 0 saturated carbocycles. The standard InChI is InChI=1S/C11H13ClN2O2/c12-9-5-8(6-10(13)7-9)11(15)14-1-3-16-4-2-14/h5-7H,1-4,13H2. The molecule has 0 spiro atoms. The van der Waals surface area contributed by atoms with E-state index in [2.05, 4.69) is 0 Å². The van der Waals surface area contributed by atoms with Gasteiger partial charge in [-0.05, 0) is 18.2 Å². The largest absolute Gasteiger partial charge is 0.399 e. The minimum atomic E-state index is -0.0440. The average molecular weight is 241 g/mol. The third-order valence-corrected chi connectivity index (χ3v) is 2.68. The summed E-state index contributed by atoms with van der Waals surface area (Å²) < 4.78 is 5.19. The number of amides is 1. The van der Waals surface area contributed by atoms with Gasteiger partial charge in [0.25, 0.3) is 5.91 Å². The van der Waals surface area contributed by atoms with Crippen LogP contribution in [0.25, 0.3) is 0 Å². The molecule has 1 aliphatic rings. The van der Waals surface area contributed by atoms with Crippen molar-refractivity contribution >= 4 is 23.2 Å². The summed E-state index contributed by atoms with van der Waals surface area (Å²) in [5.74, 6) is -0.0440. The molecule has 1 aliphatic heterocycles. The summed E-state index contributed by atoms with van der Waals surface area (Å²) in [7, 11) is 0. The molecule has 0 aliphatic carbocycles. The number of carbonyl (C=O) groups excluding carboxylic acids is 1. The van der Waals surface area contributed by atoms with Gasteiger partial charge in [0.2, 0.25) is 0 Å². The Morgan fingerprint density at radius 2 is 2.00 bits per heavy atom. The Morgan fingerprint density at radius 1 is 1.31 bits per heavy atom. The highest BCUT2D eigenvalue weighted by molar-refractivity contribution is 6.31. The predicted molar refractivity (Wildman–Crippen MR) is 62.6 cm³/mol. The van der Waals surface area contributed by atoms with Crippen molar-refractivity contribution in [2.45, 2.75) is 0 Å². The first-order chi connectivity index (χ1) is 7.66. The zero-order valence-electron chi connectivity index (χ0n) is 8.78. The summed E-state index contributed by atoms with van der Waals surface area (Å²) in [5, 5.41) is 0.483. The van der Waals surface area contributed by atoms with Crippen LogP contribution in [0.2, 0.25) is 5.02 Å². The molecule has 5 heteroatoms. The number of morpholine rings is 1. The van der Waals surface area contributed by atoms with E-state index in [1.807, 2.05) is 0 Å². The summed E-state index contributed by atoms with van der Waals surface area (Å²) in [5.41, 5.74) is 6.68. The SMILES string of the molecule is Nc1cc(Cl)cc(C(=O)N2CCOCC2)c1. The minimum absolute atomic E-state index is 0.0440. The van der Waals surface area contributed by atoms with Gasteiger partial charge < -0.3 is 15.4 Å². The number of anilines is 1. The van der Waals surface area contributed by atoms with E-state index in [4.69, 9.17) is 22.1 Å². The quantitative estimate of drug-likeness (QED) is 0.755. The lowest BCUT2D eigenvalue weighted by Gasteiger charge is -2.27. The van der Waals surface area contributed by atoms with E-state index in [0.29, 0.717) is 42.6 Å². The van der Waals surface area contributed by atoms with E-state index < -0.39 is 0 Å². The van der Waals surface area contributed by atoms with Crippen LogP contribution in [0.1, 0.15) is 10.4 Å². The molecule has 0 unspecified atom stereocenters. The maximum absolute atomic E-state index is 12.1. The number of nitrogen functional groups attached to an aromatic ring is 1. The zero-order valence-corrected chi connectivity index (χ0v) is 9.54. The summed E-state index contributed by atoms with van der Waals surface area (Å²) in [6.07, 6.45) is 0. The van der Waals surface area contributed by atoms with E-state index in [1.165, 1.54) is 0 Å². The van der Waals surface area contributed by atoms with Crippen molar-refractivity contribution in [1.82, 2.24) is 4.90 Å². The Kier molecular flexibility index (Phi) is 3.31. The van der Waals surface area contributed by atoms with Gasteiger partial charge in [0.1, 0.15) is 0 Å². The van der Waals surface area contributed by atoms with Crippen molar-refractivity contribution in [3.05, 3.63) is 28.8 Å². The second kappa shape index (κ2) is 4.72. The van der Waals surface area contributed by atoms with Crippen LogP contribution in [0, 0.1) is 0 Å². The van der Waals surface area contributed by atoms with Crippen molar-refractivity contribution in [1.29, 1.82) is 0 Å². The smallest absolute Gasteiger partial charge is 0.254 e. The molecule has 1 aromatic rings. The number of hydrogen-bond acceptors (Lipinski definition) is 3. The molecule has 86 valence electrons. The summed E-state index contributed by atoms with van der Waals surface area (Å²) >= 11 is 5.86. The molecule has 1 heterocycles. The molecule has 2 N–H and O–H groups in total. The lowest BCUT2D eigenvalue weighted by molar-refractivity contribution is 0.0303. The Labute approximate surface area is 98.9 Å². The van der Waals surface area contributed by atoms with Gasteiger partial charge in [-0.15, -0.1) is 0 Å². The van der Waals surface area contributed by atoms with Crippen molar-refractivity contribution < 1.29 is 9.53 Å². The third-order valence-electron chi connectivity index (χ3n) is 2.47. The van der Waals surface area contributed by atoms with Gasteiger partial charge in [-0.3, -0.25) is 4.79 Å². The highest BCUT2D eigenvalue weighted by Crippen LogP contribution is 2.18. The van der Waals surface area contributed by atoms with Crippen LogP contribution in [-0.4, -0.2) is 37.1 Å². The topological polar surface area (TPSA) is 55.6 Å². The molecule has 1 amide bonds. The summed E-state index contributed by atoms with van der Waals surface area (Å²) in [6.45, 7) is 2.40. The number of halogens is 1. The van der Waals surface area contributed by atoms with Crippen LogP contribution in [-0.2, 0) is 4.74 Å². The molecule has 0 aromatic heterocycles. The van der Waals surface area contributed by atoms with Gasteiger partial charge in [-0.2, -0.15) is 0 Å². The van der Waals surface area contributed by atoms with Crippen molar-refractivity contribution in [2.75, 3.05) is 32.0 Å². The first-order valence-electron chi connectivity index (χ1n) is 5.10. The van der Waals surface area contributed by atoms with Crippen LogP contribution >= 0.6 is 11.6 Å². The highest BCUT2D eigenvalue weighted by Gasteiger charge is 2.18. The van der Waals surface area contributed by atoms with Crippen molar-refractivity contribution in [3.8, 4) is 0 Å². The fourth-order valence-corrected chi connectivity index (χ4v) is 1.93. The fraction of sp³-hybridized carbons (Fsp3) is 0.364. The lowest BCUT2D eigenvalue weighted by Crippen LogP contribution is -2.40. The maximum atomic E-state index is 12.1. The van der Waals surface area contributed by atoms with Gasteiger partial charge in [0.15, 0.2) is 0 Å². The third kappa shape index (κ3) is 2.46. The molecule has 0 bridgehead atoms. The van der Waals surface area contributed by atoms with Crippen LogP contribution < -0.4 is 5.73 Å². The van der Waals surface area contributed by atoms with Gasteiger partial charge in [0.05, 0.1) is 13.2 Å². The van der Waals surface area contributed by atoms with E-state index in [9.17, 15) is 4.79 Å². The molecule has 2 rings (SSSR count). The van der Waals surface area contributed by atoms with E-state index in [-0.39, 0.29) is 5.91 Å². The molecule has 1 fully saturated rings. The van der Waals surface area contributed by atoms with Crippen molar-refractivity contribution in [2.24, 2.45) is 0 Å². The highest BCUT2D eigenvalue weighted by atomic mass is 35.5. The second-order valence-corrected chi connectivity index (χ2v) is 4.11. The molecule has 4 nitrogen and oxygen atoms in total. The van der Waals surface area contributed by atoms with Crippen LogP contribution in [0.3, 0.4) is 0 Å². The Morgan fingerprint density at radius 3 is 2.62 bits per heavy atom. The van der Waals surface area contributed by atoms with Crippen LogP contribution in [0.4, 0.5) is 5.69 Å². The number of nitrogens with two attached hydrogens (primary N) is 1. The molecule has 0 radical (unpaired) electrons. The Bertz CT molecular complexity index is 383.